The Hall–Kier alpha value is -1.87. The fraction of sp³-hybridized carbons (Fsp3) is 0.353. The molecule has 1 aliphatic heterocycles. The Morgan fingerprint density at radius 1 is 1.38 bits per heavy atom. The van der Waals surface area contributed by atoms with Crippen LogP contribution in [0.3, 0.4) is 0 Å². The highest BCUT2D eigenvalue weighted by molar-refractivity contribution is 7.89. The third-order valence-corrected chi connectivity index (χ3v) is 6.04. The highest BCUT2D eigenvalue weighted by Gasteiger charge is 2.32. The molecule has 2 N–H and O–H groups in total. The topological polar surface area (TPSA) is 91.7 Å². The molecular weight excluding hydrogens is 378 g/mol. The lowest BCUT2D eigenvalue weighted by Crippen LogP contribution is -2.48. The smallest absolute Gasteiger partial charge is 0.273 e. The van der Waals surface area contributed by atoms with Crippen molar-refractivity contribution in [3.05, 3.63) is 52.2 Å². The molecule has 1 atom stereocenters. The first-order valence-corrected chi connectivity index (χ1v) is 10.0. The van der Waals surface area contributed by atoms with Gasteiger partial charge in [0.05, 0.1) is 11.6 Å². The third-order valence-electron chi connectivity index (χ3n) is 4.43. The Kier molecular flexibility index (Phi) is 5.38. The van der Waals surface area contributed by atoms with Gasteiger partial charge in [-0.15, -0.1) is 0 Å². The van der Waals surface area contributed by atoms with Crippen molar-refractivity contribution in [1.29, 1.82) is 0 Å². The Balaban J connectivity index is 1.96. The van der Waals surface area contributed by atoms with E-state index < -0.39 is 10.0 Å². The summed E-state index contributed by atoms with van der Waals surface area (Å²) in [7, 11) is -2.47. The molecule has 1 amide bonds. The maximum Gasteiger partial charge on any atom is 0.273 e. The number of aryl methyl sites for hydroxylation is 1. The zero-order chi connectivity index (χ0) is 18.9. The average molecular weight is 398 g/mol. The molecule has 0 saturated carbocycles. The van der Waals surface area contributed by atoms with Crippen LogP contribution >= 0.6 is 11.6 Å². The van der Waals surface area contributed by atoms with Crippen LogP contribution in [0.5, 0.6) is 0 Å². The van der Waals surface area contributed by atoms with Gasteiger partial charge in [0.15, 0.2) is 0 Å². The van der Waals surface area contributed by atoms with Crippen LogP contribution in [0.2, 0.25) is 5.02 Å². The van der Waals surface area contributed by atoms with E-state index in [1.54, 1.807) is 17.9 Å². The standard InChI is InChI=1S/C17H20ClN3O4S/c1-11-13(9-16(25-11)26(23,24)19-2)17(22)21-8-7-20-10-15(21)12-5-3-4-6-14(12)18/h3-6,9,15,19-20H,7-8,10H2,1-2H3. The van der Waals surface area contributed by atoms with E-state index >= 15 is 0 Å². The first-order valence-electron chi connectivity index (χ1n) is 8.15. The lowest BCUT2D eigenvalue weighted by molar-refractivity contribution is 0.0632. The molecule has 0 aliphatic carbocycles. The highest BCUT2D eigenvalue weighted by Crippen LogP contribution is 2.31. The number of amides is 1. The molecule has 2 heterocycles. The number of sulfonamides is 1. The Labute approximate surface area is 157 Å². The van der Waals surface area contributed by atoms with Crippen molar-refractivity contribution in [2.24, 2.45) is 0 Å². The molecule has 3 rings (SSSR count). The number of benzene rings is 1. The minimum Gasteiger partial charge on any atom is -0.448 e. The number of piperazine rings is 1. The van der Waals surface area contributed by atoms with Gasteiger partial charge in [-0.05, 0) is 25.6 Å². The second-order valence-corrected chi connectivity index (χ2v) is 8.21. The van der Waals surface area contributed by atoms with Crippen LogP contribution in [0.4, 0.5) is 0 Å². The lowest BCUT2D eigenvalue weighted by Gasteiger charge is -2.36. The van der Waals surface area contributed by atoms with Crippen molar-refractivity contribution >= 4 is 27.5 Å². The number of halogens is 1. The fourth-order valence-corrected chi connectivity index (χ4v) is 4.00. The molecule has 1 aromatic carbocycles. The molecule has 0 bridgehead atoms. The maximum absolute atomic E-state index is 13.1. The zero-order valence-electron chi connectivity index (χ0n) is 14.5. The Morgan fingerprint density at radius 3 is 2.81 bits per heavy atom. The summed E-state index contributed by atoms with van der Waals surface area (Å²) in [5.74, 6) is -0.0181. The van der Waals surface area contributed by atoms with Crippen LogP contribution in [-0.4, -0.2) is 45.9 Å². The number of carbonyl (C=O) groups is 1. The Bertz CT molecular complexity index is 926. The SMILES string of the molecule is CNS(=O)(=O)c1cc(C(=O)N2CCNCC2c2ccccc2Cl)c(C)o1. The van der Waals surface area contributed by atoms with Crippen LogP contribution in [0, 0.1) is 6.92 Å². The van der Waals surface area contributed by atoms with Gasteiger partial charge < -0.3 is 14.6 Å². The van der Waals surface area contributed by atoms with E-state index in [0.29, 0.717) is 24.7 Å². The minimum absolute atomic E-state index is 0.234. The highest BCUT2D eigenvalue weighted by atomic mass is 35.5. The lowest BCUT2D eigenvalue weighted by atomic mass is 10.0. The maximum atomic E-state index is 13.1. The van der Waals surface area contributed by atoms with Crippen LogP contribution in [-0.2, 0) is 10.0 Å². The zero-order valence-corrected chi connectivity index (χ0v) is 16.0. The summed E-state index contributed by atoms with van der Waals surface area (Å²) in [6.45, 7) is 3.27. The van der Waals surface area contributed by atoms with Crippen molar-refractivity contribution in [3.63, 3.8) is 0 Å². The molecule has 2 aromatic rings. The predicted molar refractivity (Wildman–Crippen MR) is 97.8 cm³/mol. The van der Waals surface area contributed by atoms with E-state index in [9.17, 15) is 13.2 Å². The second-order valence-electron chi connectivity index (χ2n) is 5.98. The number of hydrogen-bond acceptors (Lipinski definition) is 5. The van der Waals surface area contributed by atoms with Gasteiger partial charge in [-0.3, -0.25) is 4.79 Å². The van der Waals surface area contributed by atoms with E-state index in [4.69, 9.17) is 16.0 Å². The van der Waals surface area contributed by atoms with Crippen LogP contribution < -0.4 is 10.0 Å². The third kappa shape index (κ3) is 3.50. The van der Waals surface area contributed by atoms with Gasteiger partial charge in [0.2, 0.25) is 5.09 Å². The first kappa shape index (κ1) is 18.9. The summed E-state index contributed by atoms with van der Waals surface area (Å²) in [4.78, 5) is 14.8. The van der Waals surface area contributed by atoms with Gasteiger partial charge in [0.25, 0.3) is 15.9 Å². The number of furan rings is 1. The summed E-state index contributed by atoms with van der Waals surface area (Å²) >= 11 is 6.32. The molecule has 140 valence electrons. The minimum atomic E-state index is -3.76. The number of carbonyl (C=O) groups excluding carboxylic acids is 1. The summed E-state index contributed by atoms with van der Waals surface area (Å²) in [5.41, 5.74) is 1.08. The molecule has 1 aliphatic rings. The molecule has 1 fully saturated rings. The first-order chi connectivity index (χ1) is 12.3. The van der Waals surface area contributed by atoms with E-state index in [1.807, 2.05) is 18.2 Å². The molecular formula is C17H20ClN3O4S. The van der Waals surface area contributed by atoms with Gasteiger partial charge in [0.1, 0.15) is 5.76 Å². The van der Waals surface area contributed by atoms with Crippen molar-refractivity contribution < 1.29 is 17.6 Å². The number of nitrogens with one attached hydrogen (secondary N) is 2. The molecule has 7 nitrogen and oxygen atoms in total. The molecule has 26 heavy (non-hydrogen) atoms. The summed E-state index contributed by atoms with van der Waals surface area (Å²) in [6.07, 6.45) is 0. The second kappa shape index (κ2) is 7.40. The van der Waals surface area contributed by atoms with Gasteiger partial charge in [-0.25, -0.2) is 13.1 Å². The summed E-state index contributed by atoms with van der Waals surface area (Å²) in [5, 5.41) is 3.58. The molecule has 1 aromatic heterocycles. The normalized spacial score (nSPS) is 18.1. The van der Waals surface area contributed by atoms with Crippen LogP contribution in [0.1, 0.15) is 27.7 Å². The average Bonchev–Trinajstić information content (AvgIpc) is 3.04. The largest absolute Gasteiger partial charge is 0.448 e. The van der Waals surface area contributed by atoms with Crippen molar-refractivity contribution in [2.45, 2.75) is 18.1 Å². The monoisotopic (exact) mass is 397 g/mol. The van der Waals surface area contributed by atoms with Gasteiger partial charge in [-0.2, -0.15) is 0 Å². The van der Waals surface area contributed by atoms with Crippen molar-refractivity contribution in [3.8, 4) is 0 Å². The van der Waals surface area contributed by atoms with E-state index in [-0.39, 0.29) is 28.4 Å². The van der Waals surface area contributed by atoms with Crippen LogP contribution in [0.25, 0.3) is 0 Å². The number of rotatable bonds is 4. The van der Waals surface area contributed by atoms with E-state index in [0.717, 1.165) is 5.56 Å². The molecule has 9 heteroatoms. The van der Waals surface area contributed by atoms with Crippen LogP contribution in [0.15, 0.2) is 39.8 Å². The fourth-order valence-electron chi connectivity index (χ4n) is 3.03. The Morgan fingerprint density at radius 2 is 2.12 bits per heavy atom. The molecule has 1 unspecified atom stereocenters. The van der Waals surface area contributed by atoms with Gasteiger partial charge in [0, 0.05) is 30.7 Å². The number of nitrogens with zero attached hydrogens (tertiary/aromatic N) is 1. The summed E-state index contributed by atoms with van der Waals surface area (Å²) < 4.78 is 31.4. The molecule has 0 spiro atoms. The van der Waals surface area contributed by atoms with Gasteiger partial charge >= 0.3 is 0 Å². The molecule has 1 saturated heterocycles. The molecule has 0 radical (unpaired) electrons. The van der Waals surface area contributed by atoms with E-state index in [2.05, 4.69) is 10.0 Å². The predicted octanol–water partition coefficient (Wildman–Crippen LogP) is 1.94. The van der Waals surface area contributed by atoms with E-state index in [1.165, 1.54) is 13.1 Å². The number of hydrogen-bond donors (Lipinski definition) is 2. The van der Waals surface area contributed by atoms with Crippen molar-refractivity contribution in [2.75, 3.05) is 26.7 Å². The quantitative estimate of drug-likeness (QED) is 0.822. The summed E-state index contributed by atoms with van der Waals surface area (Å²) in [6, 6.07) is 8.41. The van der Waals surface area contributed by atoms with Crippen molar-refractivity contribution in [1.82, 2.24) is 14.9 Å². The van der Waals surface area contributed by atoms with Gasteiger partial charge in [-0.1, -0.05) is 29.8 Å².